The van der Waals surface area contributed by atoms with Crippen molar-refractivity contribution in [1.82, 2.24) is 4.98 Å². The number of allylic oxidation sites excluding steroid dienone is 1. The van der Waals surface area contributed by atoms with Crippen molar-refractivity contribution in [3.05, 3.63) is 36.2 Å². The Morgan fingerprint density at radius 3 is 3.10 bits per heavy atom. The van der Waals surface area contributed by atoms with Gasteiger partial charge in [-0.2, -0.15) is 0 Å². The summed E-state index contributed by atoms with van der Waals surface area (Å²) in [5.74, 6) is 0. The van der Waals surface area contributed by atoms with Gasteiger partial charge in [0.05, 0.1) is 0 Å². The Kier molecular flexibility index (Phi) is 2.68. The highest BCUT2D eigenvalue weighted by atomic mass is 14.6. The van der Waals surface area contributed by atoms with Gasteiger partial charge in [0.2, 0.25) is 0 Å². The van der Waals surface area contributed by atoms with Gasteiger partial charge in [0.15, 0.2) is 0 Å². The lowest BCUT2D eigenvalue weighted by atomic mass is 10.2. The first kappa shape index (κ1) is 7.00. The van der Waals surface area contributed by atoms with Crippen LogP contribution in [0.25, 0.3) is 6.08 Å². The fraction of sp³-hybridized carbons (Fsp3) is 0.222. The van der Waals surface area contributed by atoms with Gasteiger partial charge in [0, 0.05) is 12.4 Å². The molecule has 0 N–H and O–H groups in total. The smallest absolute Gasteiger partial charge is 0.0340 e. The predicted molar refractivity (Wildman–Crippen MR) is 43.6 cm³/mol. The molecule has 0 atom stereocenters. The average molecular weight is 133 g/mol. The second-order valence-corrected chi connectivity index (χ2v) is 2.10. The van der Waals surface area contributed by atoms with E-state index in [9.17, 15) is 0 Å². The Bertz CT molecular complexity index is 201. The summed E-state index contributed by atoms with van der Waals surface area (Å²) in [6.45, 7) is 2.12. The van der Waals surface area contributed by atoms with E-state index < -0.39 is 0 Å². The number of pyridine rings is 1. The summed E-state index contributed by atoms with van der Waals surface area (Å²) in [7, 11) is 0. The molecule has 0 aromatic carbocycles. The first-order valence-electron chi connectivity index (χ1n) is 3.50. The molecule has 0 unspecified atom stereocenters. The standard InChI is InChI=1S/C9H11N/c1-2-3-5-9-6-4-7-10-8-9/h3-8H,2H2,1H3/b5-3-. The van der Waals surface area contributed by atoms with Crippen LogP contribution >= 0.6 is 0 Å². The summed E-state index contributed by atoms with van der Waals surface area (Å²) in [6.07, 6.45) is 8.91. The van der Waals surface area contributed by atoms with Crippen molar-refractivity contribution < 1.29 is 0 Å². The fourth-order valence-corrected chi connectivity index (χ4v) is 0.728. The van der Waals surface area contributed by atoms with Gasteiger partial charge in [0.1, 0.15) is 0 Å². The first-order valence-corrected chi connectivity index (χ1v) is 3.50. The monoisotopic (exact) mass is 133 g/mol. The summed E-state index contributed by atoms with van der Waals surface area (Å²) in [5, 5.41) is 0. The van der Waals surface area contributed by atoms with Crippen molar-refractivity contribution in [2.24, 2.45) is 0 Å². The molecule has 0 aliphatic rings. The zero-order valence-corrected chi connectivity index (χ0v) is 6.12. The van der Waals surface area contributed by atoms with Crippen LogP contribution in [0, 0.1) is 0 Å². The zero-order valence-electron chi connectivity index (χ0n) is 6.12. The van der Waals surface area contributed by atoms with E-state index in [-0.39, 0.29) is 0 Å². The zero-order chi connectivity index (χ0) is 7.23. The highest BCUT2D eigenvalue weighted by Gasteiger charge is 1.80. The lowest BCUT2D eigenvalue weighted by molar-refractivity contribution is 1.23. The third-order valence-electron chi connectivity index (χ3n) is 1.23. The predicted octanol–water partition coefficient (Wildman–Crippen LogP) is 2.50. The topological polar surface area (TPSA) is 12.9 Å². The van der Waals surface area contributed by atoms with Gasteiger partial charge in [-0.15, -0.1) is 0 Å². The molecular weight excluding hydrogens is 122 g/mol. The SMILES string of the molecule is CC/C=C\c1cccnc1. The van der Waals surface area contributed by atoms with Crippen molar-refractivity contribution in [2.45, 2.75) is 13.3 Å². The molecule has 0 spiro atoms. The Morgan fingerprint density at radius 1 is 1.60 bits per heavy atom. The van der Waals surface area contributed by atoms with Crippen LogP contribution in [0.15, 0.2) is 30.6 Å². The molecule has 1 nitrogen and oxygen atoms in total. The summed E-state index contributed by atoms with van der Waals surface area (Å²) >= 11 is 0. The van der Waals surface area contributed by atoms with Gasteiger partial charge in [-0.25, -0.2) is 0 Å². The third-order valence-corrected chi connectivity index (χ3v) is 1.23. The van der Waals surface area contributed by atoms with Gasteiger partial charge in [-0.05, 0) is 18.1 Å². The molecule has 0 aliphatic heterocycles. The Labute approximate surface area is 61.4 Å². The molecule has 0 saturated carbocycles. The minimum Gasteiger partial charge on any atom is -0.264 e. The highest BCUT2D eigenvalue weighted by molar-refractivity contribution is 5.46. The second kappa shape index (κ2) is 3.83. The van der Waals surface area contributed by atoms with Crippen molar-refractivity contribution in [2.75, 3.05) is 0 Å². The second-order valence-electron chi connectivity index (χ2n) is 2.10. The molecule has 0 aliphatic carbocycles. The maximum atomic E-state index is 3.99. The first-order chi connectivity index (χ1) is 4.93. The Hall–Kier alpha value is -1.11. The molecule has 0 bridgehead atoms. The van der Waals surface area contributed by atoms with Crippen LogP contribution in [-0.4, -0.2) is 4.98 Å². The van der Waals surface area contributed by atoms with E-state index in [4.69, 9.17) is 0 Å². The molecule has 1 rings (SSSR count). The normalized spacial score (nSPS) is 10.5. The van der Waals surface area contributed by atoms with Gasteiger partial charge in [-0.1, -0.05) is 25.1 Å². The summed E-state index contributed by atoms with van der Waals surface area (Å²) in [4.78, 5) is 3.99. The van der Waals surface area contributed by atoms with Crippen LogP contribution in [-0.2, 0) is 0 Å². The molecule has 1 heteroatoms. The van der Waals surface area contributed by atoms with Gasteiger partial charge in [0.25, 0.3) is 0 Å². The van der Waals surface area contributed by atoms with E-state index >= 15 is 0 Å². The number of nitrogens with zero attached hydrogens (tertiary/aromatic N) is 1. The van der Waals surface area contributed by atoms with Crippen molar-refractivity contribution in [3.8, 4) is 0 Å². The van der Waals surface area contributed by atoms with E-state index in [1.165, 1.54) is 5.56 Å². The van der Waals surface area contributed by atoms with Crippen LogP contribution in [0.1, 0.15) is 18.9 Å². The lowest BCUT2D eigenvalue weighted by Crippen LogP contribution is -1.71. The molecule has 1 heterocycles. The van der Waals surface area contributed by atoms with Gasteiger partial charge in [-0.3, -0.25) is 4.98 Å². The quantitative estimate of drug-likeness (QED) is 0.604. The van der Waals surface area contributed by atoms with E-state index in [0.29, 0.717) is 0 Å². The van der Waals surface area contributed by atoms with Crippen LogP contribution in [0.5, 0.6) is 0 Å². The lowest BCUT2D eigenvalue weighted by Gasteiger charge is -1.87. The summed E-state index contributed by atoms with van der Waals surface area (Å²) < 4.78 is 0. The van der Waals surface area contributed by atoms with Crippen molar-refractivity contribution >= 4 is 6.08 Å². The van der Waals surface area contributed by atoms with Crippen molar-refractivity contribution in [3.63, 3.8) is 0 Å². The average Bonchev–Trinajstić information content (AvgIpc) is 2.03. The minimum atomic E-state index is 1.08. The largest absolute Gasteiger partial charge is 0.264 e. The van der Waals surface area contributed by atoms with Crippen molar-refractivity contribution in [1.29, 1.82) is 0 Å². The third kappa shape index (κ3) is 2.02. The van der Waals surface area contributed by atoms with E-state index in [1.807, 2.05) is 18.3 Å². The molecule has 0 radical (unpaired) electrons. The molecular formula is C9H11N. The molecule has 52 valence electrons. The molecule has 1 aromatic heterocycles. The van der Waals surface area contributed by atoms with E-state index in [1.54, 1.807) is 6.20 Å². The van der Waals surface area contributed by atoms with Crippen LogP contribution in [0.4, 0.5) is 0 Å². The molecule has 0 fully saturated rings. The van der Waals surface area contributed by atoms with Crippen LogP contribution < -0.4 is 0 Å². The highest BCUT2D eigenvalue weighted by Crippen LogP contribution is 1.98. The summed E-state index contributed by atoms with van der Waals surface area (Å²) in [5.41, 5.74) is 1.17. The Morgan fingerprint density at radius 2 is 2.50 bits per heavy atom. The maximum Gasteiger partial charge on any atom is 0.0340 e. The fourth-order valence-electron chi connectivity index (χ4n) is 0.728. The van der Waals surface area contributed by atoms with Crippen LogP contribution in [0.2, 0.25) is 0 Å². The number of hydrogen-bond donors (Lipinski definition) is 0. The van der Waals surface area contributed by atoms with Gasteiger partial charge < -0.3 is 0 Å². The molecule has 1 aromatic rings. The number of aromatic nitrogens is 1. The summed E-state index contributed by atoms with van der Waals surface area (Å²) in [6, 6.07) is 3.98. The van der Waals surface area contributed by atoms with Crippen LogP contribution in [0.3, 0.4) is 0 Å². The molecule has 0 amide bonds. The molecule has 10 heavy (non-hydrogen) atoms. The number of hydrogen-bond acceptors (Lipinski definition) is 1. The van der Waals surface area contributed by atoms with Gasteiger partial charge >= 0.3 is 0 Å². The maximum absolute atomic E-state index is 3.99. The Balaban J connectivity index is 2.67. The molecule has 0 saturated heterocycles. The minimum absolute atomic E-state index is 1.08. The number of rotatable bonds is 2. The van der Waals surface area contributed by atoms with E-state index in [2.05, 4.69) is 24.1 Å². The van der Waals surface area contributed by atoms with E-state index in [0.717, 1.165) is 6.42 Å².